The molecule has 0 fully saturated rings. The number of hydrogen-bond donors (Lipinski definition) is 1. The molecular formula is C21H19NO3. The van der Waals surface area contributed by atoms with Crippen molar-refractivity contribution in [2.45, 2.75) is 13.2 Å². The predicted octanol–water partition coefficient (Wildman–Crippen LogP) is 4.49. The number of phenolic OH excluding ortho intramolecular Hbond substituents is 1. The average Bonchev–Trinajstić information content (AvgIpc) is 2.67. The van der Waals surface area contributed by atoms with E-state index in [2.05, 4.69) is 5.16 Å². The molecule has 4 heteroatoms. The highest BCUT2D eigenvalue weighted by molar-refractivity contribution is 5.93. The van der Waals surface area contributed by atoms with Crippen LogP contribution in [0.1, 0.15) is 16.7 Å². The van der Waals surface area contributed by atoms with Gasteiger partial charge >= 0.3 is 0 Å². The molecule has 3 aromatic rings. The van der Waals surface area contributed by atoms with Gasteiger partial charge in [0.2, 0.25) is 0 Å². The first-order chi connectivity index (χ1) is 12.3. The Morgan fingerprint density at radius 2 is 1.28 bits per heavy atom. The van der Waals surface area contributed by atoms with Crippen LogP contribution in [-0.2, 0) is 22.8 Å². The van der Waals surface area contributed by atoms with Crippen LogP contribution >= 0.6 is 0 Å². The maximum absolute atomic E-state index is 9.46. The second-order valence-electron chi connectivity index (χ2n) is 5.48. The zero-order valence-corrected chi connectivity index (χ0v) is 13.7. The lowest BCUT2D eigenvalue weighted by molar-refractivity contribution is 0.118. The van der Waals surface area contributed by atoms with Crippen LogP contribution in [0.3, 0.4) is 0 Å². The normalized spacial score (nSPS) is 11.1. The number of aromatic hydroxyl groups is 1. The summed E-state index contributed by atoms with van der Waals surface area (Å²) in [4.78, 5) is 5.46. The zero-order valence-electron chi connectivity index (χ0n) is 13.7. The van der Waals surface area contributed by atoms with E-state index in [4.69, 9.17) is 9.57 Å². The van der Waals surface area contributed by atoms with Crippen molar-refractivity contribution >= 4 is 5.90 Å². The summed E-state index contributed by atoms with van der Waals surface area (Å²) in [7, 11) is 0. The first-order valence-electron chi connectivity index (χ1n) is 8.01. The SMILES string of the molecule is Oc1ccc(/C(=N/OCc2ccccc2)OCc2ccccc2)cc1. The van der Waals surface area contributed by atoms with Crippen LogP contribution < -0.4 is 0 Å². The molecule has 25 heavy (non-hydrogen) atoms. The Labute approximate surface area is 147 Å². The van der Waals surface area contributed by atoms with Gasteiger partial charge in [-0.1, -0.05) is 60.7 Å². The minimum Gasteiger partial charge on any atom is -0.508 e. The lowest BCUT2D eigenvalue weighted by Gasteiger charge is -2.10. The van der Waals surface area contributed by atoms with Crippen molar-refractivity contribution < 1.29 is 14.7 Å². The maximum Gasteiger partial charge on any atom is 0.257 e. The highest BCUT2D eigenvalue weighted by atomic mass is 16.6. The van der Waals surface area contributed by atoms with Crippen molar-refractivity contribution in [3.63, 3.8) is 0 Å². The van der Waals surface area contributed by atoms with Gasteiger partial charge in [-0.3, -0.25) is 0 Å². The van der Waals surface area contributed by atoms with E-state index >= 15 is 0 Å². The molecule has 0 aromatic heterocycles. The number of hydrogen-bond acceptors (Lipinski definition) is 4. The summed E-state index contributed by atoms with van der Waals surface area (Å²) in [6.07, 6.45) is 0. The van der Waals surface area contributed by atoms with Crippen molar-refractivity contribution in [1.29, 1.82) is 0 Å². The molecule has 0 amide bonds. The maximum atomic E-state index is 9.46. The Balaban J connectivity index is 1.71. The van der Waals surface area contributed by atoms with Crippen molar-refractivity contribution in [2.24, 2.45) is 5.16 Å². The number of oxime groups is 1. The molecule has 0 heterocycles. The van der Waals surface area contributed by atoms with Crippen LogP contribution in [0, 0.1) is 0 Å². The quantitative estimate of drug-likeness (QED) is 0.411. The highest BCUT2D eigenvalue weighted by Gasteiger charge is 2.07. The van der Waals surface area contributed by atoms with E-state index < -0.39 is 0 Å². The van der Waals surface area contributed by atoms with Crippen LogP contribution in [0.5, 0.6) is 5.75 Å². The lowest BCUT2D eigenvalue weighted by Crippen LogP contribution is -2.08. The minimum atomic E-state index is 0.191. The molecule has 3 rings (SSSR count). The Bertz CT molecular complexity index is 800. The average molecular weight is 333 g/mol. The molecule has 0 unspecified atom stereocenters. The number of benzene rings is 3. The second kappa shape index (κ2) is 8.55. The summed E-state index contributed by atoms with van der Waals surface area (Å²) in [5.74, 6) is 0.566. The molecule has 1 N–H and O–H groups in total. The van der Waals surface area contributed by atoms with E-state index in [1.54, 1.807) is 24.3 Å². The summed E-state index contributed by atoms with van der Waals surface area (Å²) in [6.45, 7) is 0.742. The summed E-state index contributed by atoms with van der Waals surface area (Å²) >= 11 is 0. The second-order valence-corrected chi connectivity index (χ2v) is 5.48. The number of ether oxygens (including phenoxy) is 1. The van der Waals surface area contributed by atoms with Gasteiger partial charge in [0.1, 0.15) is 19.0 Å². The van der Waals surface area contributed by atoms with E-state index in [0.717, 1.165) is 16.7 Å². The zero-order chi connectivity index (χ0) is 17.3. The molecule has 0 aliphatic heterocycles. The molecule has 4 nitrogen and oxygen atoms in total. The molecule has 0 saturated heterocycles. The van der Waals surface area contributed by atoms with Gasteiger partial charge in [-0.05, 0) is 40.5 Å². The van der Waals surface area contributed by atoms with Crippen LogP contribution in [0.2, 0.25) is 0 Å². The molecular weight excluding hydrogens is 314 g/mol. The first kappa shape index (κ1) is 16.6. The molecule has 0 aliphatic carbocycles. The smallest absolute Gasteiger partial charge is 0.257 e. The third kappa shape index (κ3) is 5.11. The minimum absolute atomic E-state index is 0.191. The van der Waals surface area contributed by atoms with E-state index in [-0.39, 0.29) is 5.75 Å². The molecule has 126 valence electrons. The van der Waals surface area contributed by atoms with Gasteiger partial charge in [-0.25, -0.2) is 0 Å². The fourth-order valence-corrected chi connectivity index (χ4v) is 2.23. The fraction of sp³-hybridized carbons (Fsp3) is 0.0952. The third-order valence-corrected chi connectivity index (χ3v) is 3.55. The standard InChI is InChI=1S/C21H19NO3/c23-20-13-11-19(12-14-20)21(24-15-17-7-3-1-4-8-17)22-25-16-18-9-5-2-6-10-18/h1-14,23H,15-16H2/b22-21-. The van der Waals surface area contributed by atoms with Crippen LogP contribution in [-0.4, -0.2) is 11.0 Å². The topological polar surface area (TPSA) is 51.1 Å². The van der Waals surface area contributed by atoms with E-state index in [1.165, 1.54) is 0 Å². The Morgan fingerprint density at radius 1 is 0.720 bits per heavy atom. The first-order valence-corrected chi connectivity index (χ1v) is 8.01. The molecule has 0 atom stereocenters. The van der Waals surface area contributed by atoms with Gasteiger partial charge in [-0.2, -0.15) is 0 Å². The Morgan fingerprint density at radius 3 is 1.88 bits per heavy atom. The molecule has 0 spiro atoms. The molecule has 0 bridgehead atoms. The summed E-state index contributed by atoms with van der Waals surface area (Å²) in [5, 5.41) is 13.6. The van der Waals surface area contributed by atoms with Crippen LogP contribution in [0.15, 0.2) is 90.1 Å². The predicted molar refractivity (Wildman–Crippen MR) is 97.1 cm³/mol. The third-order valence-electron chi connectivity index (χ3n) is 3.55. The van der Waals surface area contributed by atoms with E-state index in [1.807, 2.05) is 60.7 Å². The van der Waals surface area contributed by atoms with Crippen LogP contribution in [0.25, 0.3) is 0 Å². The van der Waals surface area contributed by atoms with Crippen molar-refractivity contribution in [3.8, 4) is 5.75 Å². The van der Waals surface area contributed by atoms with Crippen molar-refractivity contribution in [3.05, 3.63) is 102 Å². The lowest BCUT2D eigenvalue weighted by atomic mass is 10.2. The summed E-state index contributed by atoms with van der Waals surface area (Å²) < 4.78 is 5.84. The van der Waals surface area contributed by atoms with Gasteiger partial charge in [0, 0.05) is 5.56 Å². The number of rotatable bonds is 6. The van der Waals surface area contributed by atoms with Crippen molar-refractivity contribution in [2.75, 3.05) is 0 Å². The Hall–Kier alpha value is -3.27. The van der Waals surface area contributed by atoms with Gasteiger partial charge in [0.05, 0.1) is 0 Å². The molecule has 3 aromatic carbocycles. The summed E-state index contributed by atoms with van der Waals surface area (Å²) in [6, 6.07) is 26.3. The molecule has 0 saturated carbocycles. The fourth-order valence-electron chi connectivity index (χ4n) is 2.23. The van der Waals surface area contributed by atoms with Gasteiger partial charge in [0.25, 0.3) is 5.90 Å². The van der Waals surface area contributed by atoms with Gasteiger partial charge in [0.15, 0.2) is 0 Å². The highest BCUT2D eigenvalue weighted by Crippen LogP contribution is 2.13. The van der Waals surface area contributed by atoms with Crippen LogP contribution in [0.4, 0.5) is 0 Å². The summed E-state index contributed by atoms with van der Waals surface area (Å²) in [5.41, 5.74) is 2.80. The van der Waals surface area contributed by atoms with E-state index in [0.29, 0.717) is 19.1 Å². The van der Waals surface area contributed by atoms with Crippen molar-refractivity contribution in [1.82, 2.24) is 0 Å². The monoisotopic (exact) mass is 333 g/mol. The number of nitrogens with zero attached hydrogens (tertiary/aromatic N) is 1. The Kier molecular flexibility index (Phi) is 5.67. The van der Waals surface area contributed by atoms with E-state index in [9.17, 15) is 5.11 Å². The largest absolute Gasteiger partial charge is 0.508 e. The molecule has 0 aliphatic rings. The molecule has 0 radical (unpaired) electrons. The van der Waals surface area contributed by atoms with Gasteiger partial charge < -0.3 is 14.7 Å². The van der Waals surface area contributed by atoms with Gasteiger partial charge in [-0.15, -0.1) is 0 Å². The number of phenols is 1.